The third-order valence-electron chi connectivity index (χ3n) is 8.34. The van der Waals surface area contributed by atoms with Crippen molar-refractivity contribution in [3.63, 3.8) is 0 Å². The van der Waals surface area contributed by atoms with Crippen molar-refractivity contribution < 1.29 is 18.9 Å². The number of hydrogen-bond donors (Lipinski definition) is 0. The van der Waals surface area contributed by atoms with E-state index in [0.717, 1.165) is 11.5 Å². The van der Waals surface area contributed by atoms with Gasteiger partial charge in [0, 0.05) is 13.2 Å². The summed E-state index contributed by atoms with van der Waals surface area (Å²) in [5.74, 6) is 1.69. The topological polar surface area (TPSA) is 36.9 Å². The molecule has 0 fully saturated rings. The number of rotatable bonds is 12. The van der Waals surface area contributed by atoms with Crippen molar-refractivity contribution in [1.82, 2.24) is 0 Å². The first-order valence-electron chi connectivity index (χ1n) is 14.8. The highest BCUT2D eigenvalue weighted by Crippen LogP contribution is 2.57. The van der Waals surface area contributed by atoms with Crippen LogP contribution in [0.5, 0.6) is 11.5 Å². The molecule has 1 aliphatic carbocycles. The van der Waals surface area contributed by atoms with Crippen LogP contribution in [0.3, 0.4) is 0 Å². The summed E-state index contributed by atoms with van der Waals surface area (Å²) in [6, 6.07) is 26.8. The predicted octanol–water partition coefficient (Wildman–Crippen LogP) is 8.11. The lowest BCUT2D eigenvalue weighted by molar-refractivity contribution is 0.110. The van der Waals surface area contributed by atoms with Gasteiger partial charge in [-0.15, -0.1) is 0 Å². The molecule has 4 aromatic rings. The predicted molar refractivity (Wildman–Crippen MR) is 167 cm³/mol. The summed E-state index contributed by atoms with van der Waals surface area (Å²) in [5, 5.41) is 0. The van der Waals surface area contributed by atoms with Gasteiger partial charge in [0.2, 0.25) is 0 Å². The molecule has 4 nitrogen and oxygen atoms in total. The van der Waals surface area contributed by atoms with Gasteiger partial charge < -0.3 is 18.9 Å². The van der Waals surface area contributed by atoms with Gasteiger partial charge >= 0.3 is 0 Å². The number of fused-ring (bicyclic) bond motifs is 3. The molecule has 0 saturated carbocycles. The molecule has 0 saturated heterocycles. The number of benzene rings is 4. The highest BCUT2D eigenvalue weighted by Gasteiger charge is 2.46. The monoisotopic (exact) mass is 550 g/mol. The number of aryl methyl sites for hydroxylation is 4. The second-order valence-electron chi connectivity index (χ2n) is 10.9. The molecule has 0 heterocycles. The van der Waals surface area contributed by atoms with Crippen LogP contribution in [0.2, 0.25) is 0 Å². The van der Waals surface area contributed by atoms with Crippen LogP contribution in [0, 0.1) is 27.7 Å². The van der Waals surface area contributed by atoms with Crippen molar-refractivity contribution in [1.29, 1.82) is 0 Å². The first-order valence-corrected chi connectivity index (χ1v) is 14.8. The molecule has 0 spiro atoms. The van der Waals surface area contributed by atoms with E-state index in [4.69, 9.17) is 18.9 Å². The average Bonchev–Trinajstić information content (AvgIpc) is 3.23. The van der Waals surface area contributed by atoms with Crippen LogP contribution >= 0.6 is 0 Å². The fourth-order valence-corrected chi connectivity index (χ4v) is 5.96. The van der Waals surface area contributed by atoms with Crippen LogP contribution in [-0.2, 0) is 14.9 Å². The highest BCUT2D eigenvalue weighted by atomic mass is 16.5. The van der Waals surface area contributed by atoms with E-state index in [1.807, 2.05) is 13.8 Å². The molecule has 41 heavy (non-hydrogen) atoms. The zero-order valence-electron chi connectivity index (χ0n) is 25.3. The Balaban J connectivity index is 1.67. The molecule has 0 amide bonds. The summed E-state index contributed by atoms with van der Waals surface area (Å²) < 4.78 is 22.9. The van der Waals surface area contributed by atoms with Crippen LogP contribution in [0.1, 0.15) is 58.4 Å². The summed E-state index contributed by atoms with van der Waals surface area (Å²) in [7, 11) is 0. The Hall–Kier alpha value is -3.60. The first-order chi connectivity index (χ1) is 19.9. The minimum absolute atomic E-state index is 0.477. The quantitative estimate of drug-likeness (QED) is 0.147. The van der Waals surface area contributed by atoms with E-state index in [9.17, 15) is 0 Å². The third kappa shape index (κ3) is 5.51. The van der Waals surface area contributed by atoms with E-state index in [1.54, 1.807) is 0 Å². The van der Waals surface area contributed by atoms with Crippen molar-refractivity contribution in [2.75, 3.05) is 39.6 Å². The van der Waals surface area contributed by atoms with E-state index in [2.05, 4.69) is 100 Å². The zero-order chi connectivity index (χ0) is 29.0. The summed E-state index contributed by atoms with van der Waals surface area (Å²) in [5.41, 5.74) is 12.4. The molecule has 0 radical (unpaired) electrons. The van der Waals surface area contributed by atoms with Gasteiger partial charge in [0.25, 0.3) is 0 Å². The van der Waals surface area contributed by atoms with Gasteiger partial charge in [-0.05, 0) is 121 Å². The van der Waals surface area contributed by atoms with Crippen molar-refractivity contribution in [2.24, 2.45) is 0 Å². The van der Waals surface area contributed by atoms with E-state index >= 15 is 0 Å². The molecule has 214 valence electrons. The molecule has 0 N–H and O–H groups in total. The molecular weight excluding hydrogens is 508 g/mol. The standard InChI is InChI=1S/C37H42O4/c1-7-38-17-19-40-31-13-9-29(10-14-31)37(30-11-15-32(16-12-30)41-20-18-39-8-2)35-23-27(5)25(3)21-33(35)34-22-26(4)28(6)24-36(34)37/h9-16,21-24H,7-8,17-20H2,1-6H3. The van der Waals surface area contributed by atoms with Crippen LogP contribution in [0.4, 0.5) is 0 Å². The van der Waals surface area contributed by atoms with Crippen LogP contribution in [0.25, 0.3) is 11.1 Å². The van der Waals surface area contributed by atoms with Crippen LogP contribution in [-0.4, -0.2) is 39.6 Å². The maximum Gasteiger partial charge on any atom is 0.119 e. The normalized spacial score (nSPS) is 13.1. The Morgan fingerprint density at radius 1 is 0.488 bits per heavy atom. The fraction of sp³-hybridized carbons (Fsp3) is 0.351. The molecule has 1 aliphatic rings. The molecule has 4 heteroatoms. The second-order valence-corrected chi connectivity index (χ2v) is 10.9. The lowest BCUT2D eigenvalue weighted by Crippen LogP contribution is -2.29. The number of ether oxygens (including phenoxy) is 4. The highest BCUT2D eigenvalue weighted by molar-refractivity contribution is 5.87. The summed E-state index contributed by atoms with van der Waals surface area (Å²) in [4.78, 5) is 0. The molecule has 0 aliphatic heterocycles. The summed E-state index contributed by atoms with van der Waals surface area (Å²) in [6.07, 6.45) is 0. The third-order valence-corrected chi connectivity index (χ3v) is 8.34. The van der Waals surface area contributed by atoms with Gasteiger partial charge in [0.05, 0.1) is 18.6 Å². The molecular formula is C37H42O4. The summed E-state index contributed by atoms with van der Waals surface area (Å²) >= 11 is 0. The van der Waals surface area contributed by atoms with Crippen LogP contribution in [0.15, 0.2) is 72.8 Å². The maximum absolute atomic E-state index is 5.99. The number of hydrogen-bond acceptors (Lipinski definition) is 4. The molecule has 0 aromatic heterocycles. The van der Waals surface area contributed by atoms with E-state index in [-0.39, 0.29) is 0 Å². The fourth-order valence-electron chi connectivity index (χ4n) is 5.96. The molecule has 0 bridgehead atoms. The van der Waals surface area contributed by atoms with Gasteiger partial charge in [-0.2, -0.15) is 0 Å². The second kappa shape index (κ2) is 12.5. The van der Waals surface area contributed by atoms with Crippen molar-refractivity contribution in [2.45, 2.75) is 47.0 Å². The molecule has 5 rings (SSSR count). The Kier molecular flexibility index (Phi) is 8.82. The van der Waals surface area contributed by atoms with Crippen molar-refractivity contribution >= 4 is 0 Å². The van der Waals surface area contributed by atoms with E-state index in [1.165, 1.54) is 55.6 Å². The van der Waals surface area contributed by atoms with Gasteiger partial charge in [-0.1, -0.05) is 48.5 Å². The van der Waals surface area contributed by atoms with E-state index < -0.39 is 5.41 Å². The SMILES string of the molecule is CCOCCOc1ccc(C2(c3ccc(OCCOCC)cc3)c3cc(C)c(C)cc3-c3cc(C)c(C)cc32)cc1. The lowest BCUT2D eigenvalue weighted by atomic mass is 9.67. The minimum Gasteiger partial charge on any atom is -0.491 e. The largest absolute Gasteiger partial charge is 0.491 e. The Morgan fingerprint density at radius 3 is 1.22 bits per heavy atom. The molecule has 0 unspecified atom stereocenters. The summed E-state index contributed by atoms with van der Waals surface area (Å²) in [6.45, 7) is 16.5. The Morgan fingerprint density at radius 2 is 0.854 bits per heavy atom. The zero-order valence-corrected chi connectivity index (χ0v) is 25.3. The van der Waals surface area contributed by atoms with Crippen molar-refractivity contribution in [3.8, 4) is 22.6 Å². The Bertz CT molecular complexity index is 1370. The van der Waals surface area contributed by atoms with Crippen LogP contribution < -0.4 is 9.47 Å². The van der Waals surface area contributed by atoms with Gasteiger partial charge in [0.1, 0.15) is 24.7 Å². The maximum atomic E-state index is 5.99. The Labute approximate surface area is 245 Å². The van der Waals surface area contributed by atoms with Gasteiger partial charge in [-0.25, -0.2) is 0 Å². The average molecular weight is 551 g/mol. The lowest BCUT2D eigenvalue weighted by Gasteiger charge is -2.34. The smallest absolute Gasteiger partial charge is 0.119 e. The first kappa shape index (κ1) is 28.9. The molecule has 4 aromatic carbocycles. The minimum atomic E-state index is -0.477. The van der Waals surface area contributed by atoms with Gasteiger partial charge in [-0.3, -0.25) is 0 Å². The van der Waals surface area contributed by atoms with E-state index in [0.29, 0.717) is 39.6 Å². The van der Waals surface area contributed by atoms with Gasteiger partial charge in [0.15, 0.2) is 0 Å². The molecule has 0 atom stereocenters. The van der Waals surface area contributed by atoms with Crippen molar-refractivity contribution in [3.05, 3.63) is 117 Å².